The molecule has 13 heteroatoms. The summed E-state index contributed by atoms with van der Waals surface area (Å²) >= 11 is 6.30. The fourth-order valence-corrected chi connectivity index (χ4v) is 7.68. The minimum absolute atomic E-state index is 0.0655. The summed E-state index contributed by atoms with van der Waals surface area (Å²) in [7, 11) is 6.80. The minimum atomic E-state index is -0.579. The number of amides is 2. The van der Waals surface area contributed by atoms with Gasteiger partial charge >= 0.3 is 12.1 Å². The highest BCUT2D eigenvalue weighted by atomic mass is 35.5. The molecular formula is C43H58ClN5O7. The van der Waals surface area contributed by atoms with Gasteiger partial charge in [0, 0.05) is 44.8 Å². The number of methoxy groups -OCH3 is 2. The molecule has 0 unspecified atom stereocenters. The van der Waals surface area contributed by atoms with Crippen molar-refractivity contribution in [3.8, 4) is 11.5 Å². The van der Waals surface area contributed by atoms with Crippen molar-refractivity contribution >= 4 is 41.1 Å². The van der Waals surface area contributed by atoms with E-state index < -0.39 is 11.6 Å². The van der Waals surface area contributed by atoms with E-state index in [0.29, 0.717) is 41.3 Å². The Bertz CT molecular complexity index is 1810. The first kappa shape index (κ1) is 42.6. The number of aromatic nitrogens is 1. The number of carbonyl (C=O) groups is 3. The van der Waals surface area contributed by atoms with Crippen LogP contribution in [0.1, 0.15) is 83.0 Å². The lowest BCUT2D eigenvalue weighted by Crippen LogP contribution is -2.46. The number of benzene rings is 2. The molecule has 304 valence electrons. The van der Waals surface area contributed by atoms with Gasteiger partial charge in [-0.05, 0) is 119 Å². The van der Waals surface area contributed by atoms with Gasteiger partial charge < -0.3 is 28.7 Å². The van der Waals surface area contributed by atoms with E-state index in [9.17, 15) is 14.4 Å². The molecule has 0 radical (unpaired) electrons. The van der Waals surface area contributed by atoms with E-state index in [1.807, 2.05) is 89.3 Å². The summed E-state index contributed by atoms with van der Waals surface area (Å²) in [6.07, 6.45) is 5.45. The van der Waals surface area contributed by atoms with Crippen molar-refractivity contribution in [2.24, 2.45) is 5.92 Å². The first-order valence-corrected chi connectivity index (χ1v) is 19.8. The van der Waals surface area contributed by atoms with E-state index in [0.717, 1.165) is 54.6 Å². The van der Waals surface area contributed by atoms with Gasteiger partial charge in [0.2, 0.25) is 5.91 Å². The minimum Gasteiger partial charge on any atom is -0.493 e. The summed E-state index contributed by atoms with van der Waals surface area (Å²) in [5.41, 5.74) is 3.11. The van der Waals surface area contributed by atoms with E-state index >= 15 is 0 Å². The number of rotatable bonds is 14. The molecular weight excluding hydrogens is 734 g/mol. The maximum atomic E-state index is 14.0. The zero-order valence-electron chi connectivity index (χ0n) is 34.3. The normalized spacial score (nSPS) is 18.4. The summed E-state index contributed by atoms with van der Waals surface area (Å²) in [6, 6.07) is 15.2. The van der Waals surface area contributed by atoms with Crippen LogP contribution in [0.15, 0.2) is 54.7 Å². The molecule has 56 heavy (non-hydrogen) atoms. The molecule has 12 nitrogen and oxygen atoms in total. The molecule has 1 fully saturated rings. The highest BCUT2D eigenvalue weighted by Gasteiger charge is 2.37. The molecule has 1 aliphatic heterocycles. The summed E-state index contributed by atoms with van der Waals surface area (Å²) in [5, 5.41) is 0.613. The van der Waals surface area contributed by atoms with Crippen molar-refractivity contribution in [1.29, 1.82) is 0 Å². The van der Waals surface area contributed by atoms with Gasteiger partial charge in [-0.15, -0.1) is 0 Å². The molecule has 5 rings (SSSR count). The molecule has 0 saturated heterocycles. The van der Waals surface area contributed by atoms with Crippen LogP contribution in [0.2, 0.25) is 5.02 Å². The molecule has 2 aliphatic rings. The first-order chi connectivity index (χ1) is 26.6. The third kappa shape index (κ3) is 10.8. The predicted molar refractivity (Wildman–Crippen MR) is 219 cm³/mol. The number of carbonyl (C=O) groups excluding carboxylic acids is 3. The Kier molecular flexibility index (Phi) is 14.1. The van der Waals surface area contributed by atoms with Crippen LogP contribution < -0.4 is 19.3 Å². The Labute approximate surface area is 337 Å². The largest absolute Gasteiger partial charge is 0.493 e. The number of likely N-dealkylation sites (N-methyl/N-ethyl adjacent to an activating group) is 1. The highest BCUT2D eigenvalue weighted by molar-refractivity contribution is 6.30. The van der Waals surface area contributed by atoms with Gasteiger partial charge in [0.15, 0.2) is 11.5 Å². The smallest absolute Gasteiger partial charge is 0.410 e. The molecule has 0 N–H and O–H groups in total. The molecule has 1 atom stereocenters. The fraction of sp³-hybridized carbons (Fsp3) is 0.535. The predicted octanol–water partition coefficient (Wildman–Crippen LogP) is 7.55. The quantitative estimate of drug-likeness (QED) is 0.152. The number of hydrogen-bond donors (Lipinski definition) is 0. The lowest BCUT2D eigenvalue weighted by molar-refractivity contribution is -0.142. The lowest BCUT2D eigenvalue weighted by Gasteiger charge is -2.38. The van der Waals surface area contributed by atoms with Gasteiger partial charge in [-0.1, -0.05) is 23.7 Å². The van der Waals surface area contributed by atoms with Crippen LogP contribution in [0.5, 0.6) is 11.5 Å². The van der Waals surface area contributed by atoms with Gasteiger partial charge in [-0.2, -0.15) is 0 Å². The molecule has 1 saturated carbocycles. The number of halogens is 1. The Hall–Kier alpha value is -4.55. The molecule has 2 heterocycles. The molecule has 0 bridgehead atoms. The van der Waals surface area contributed by atoms with Crippen LogP contribution in [-0.2, 0) is 25.5 Å². The number of esters is 1. The summed E-state index contributed by atoms with van der Waals surface area (Å²) in [6.45, 7) is 11.5. The fourth-order valence-electron chi connectivity index (χ4n) is 7.56. The second-order valence-corrected chi connectivity index (χ2v) is 16.6. The number of nitrogens with zero attached hydrogens (tertiary/aromatic N) is 5. The van der Waals surface area contributed by atoms with E-state index in [-0.39, 0.29) is 43.1 Å². The Morgan fingerprint density at radius 1 is 0.964 bits per heavy atom. The van der Waals surface area contributed by atoms with E-state index in [1.54, 1.807) is 24.0 Å². The number of hydrogen-bond acceptors (Lipinski definition) is 10. The first-order valence-electron chi connectivity index (χ1n) is 19.4. The summed E-state index contributed by atoms with van der Waals surface area (Å²) < 4.78 is 22.3. The van der Waals surface area contributed by atoms with Crippen LogP contribution in [0.4, 0.5) is 16.3 Å². The number of pyridine rings is 1. The second-order valence-electron chi connectivity index (χ2n) is 16.1. The van der Waals surface area contributed by atoms with Gasteiger partial charge in [0.05, 0.1) is 51.2 Å². The van der Waals surface area contributed by atoms with Crippen molar-refractivity contribution in [1.82, 2.24) is 14.8 Å². The Balaban J connectivity index is 1.27. The molecule has 3 aromatic rings. The average molecular weight is 792 g/mol. The molecule has 1 aliphatic carbocycles. The van der Waals surface area contributed by atoms with Crippen LogP contribution in [-0.4, -0.2) is 105 Å². The van der Waals surface area contributed by atoms with Crippen molar-refractivity contribution < 1.29 is 33.3 Å². The molecule has 2 aromatic carbocycles. The average Bonchev–Trinajstić information content (AvgIpc) is 3.15. The summed E-state index contributed by atoms with van der Waals surface area (Å²) in [4.78, 5) is 51.4. The number of anilines is 2. The second kappa shape index (κ2) is 18.6. The van der Waals surface area contributed by atoms with E-state index in [1.165, 1.54) is 7.11 Å². The van der Waals surface area contributed by atoms with Crippen molar-refractivity contribution in [3.05, 3.63) is 76.4 Å². The maximum absolute atomic E-state index is 14.0. The van der Waals surface area contributed by atoms with E-state index in [4.69, 9.17) is 35.5 Å². The van der Waals surface area contributed by atoms with Gasteiger partial charge in [-0.25, -0.2) is 9.78 Å². The number of ether oxygens (including phenoxy) is 4. The van der Waals surface area contributed by atoms with Crippen molar-refractivity contribution in [3.63, 3.8) is 0 Å². The zero-order valence-corrected chi connectivity index (χ0v) is 35.1. The Morgan fingerprint density at radius 3 is 2.25 bits per heavy atom. The lowest BCUT2D eigenvalue weighted by atomic mass is 9.85. The van der Waals surface area contributed by atoms with Crippen LogP contribution >= 0.6 is 11.6 Å². The summed E-state index contributed by atoms with van der Waals surface area (Å²) in [5.74, 6) is 1.87. The van der Waals surface area contributed by atoms with E-state index in [2.05, 4.69) is 16.8 Å². The van der Waals surface area contributed by atoms with Crippen molar-refractivity contribution in [2.45, 2.75) is 90.5 Å². The Morgan fingerprint density at radius 2 is 1.66 bits per heavy atom. The third-order valence-corrected chi connectivity index (χ3v) is 10.7. The topological polar surface area (TPSA) is 114 Å². The zero-order chi connectivity index (χ0) is 40.7. The van der Waals surface area contributed by atoms with Gasteiger partial charge in [-0.3, -0.25) is 19.4 Å². The molecule has 0 spiro atoms. The standard InChI is InChI=1S/C43H58ClN5O7/c1-28(2)55-37-24-35-31(22-36(37)53-8)23-39(50)49(41(35)30-12-14-32(44)15-13-30)38-19-18-34(25-45-38)47(7)26-29-10-16-33(17-11-29)48(27-40(51)54-9)21-20-46(6)42(52)56-43(3,4)5/h12-15,18-19,22,24-25,28-29,33,41H,10-11,16-17,20-21,23,26-27H2,1-9H3/t29?,33?,41-/m0/s1. The highest BCUT2D eigenvalue weighted by Crippen LogP contribution is 2.43. The van der Waals surface area contributed by atoms with Gasteiger partial charge in [0.25, 0.3) is 0 Å². The van der Waals surface area contributed by atoms with Crippen LogP contribution in [0, 0.1) is 5.92 Å². The van der Waals surface area contributed by atoms with Crippen LogP contribution in [0.25, 0.3) is 0 Å². The maximum Gasteiger partial charge on any atom is 0.410 e. The van der Waals surface area contributed by atoms with Crippen LogP contribution in [0.3, 0.4) is 0 Å². The molecule has 1 aromatic heterocycles. The SMILES string of the molecule is COC(=O)CN(CCN(C)C(=O)OC(C)(C)C)C1CCC(CN(C)c2ccc(N3C(=O)Cc4cc(OC)c(OC(C)C)cc4[C@@H]3c3ccc(Cl)cc3)nc2)CC1. The third-order valence-electron chi connectivity index (χ3n) is 10.4. The van der Waals surface area contributed by atoms with Gasteiger partial charge in [0.1, 0.15) is 11.4 Å². The monoisotopic (exact) mass is 791 g/mol. The number of fused-ring (bicyclic) bond motifs is 1. The molecule has 2 amide bonds. The van der Waals surface area contributed by atoms with Crippen molar-refractivity contribution in [2.75, 3.05) is 64.3 Å².